The van der Waals surface area contributed by atoms with Gasteiger partial charge in [-0.2, -0.15) is 0 Å². The van der Waals surface area contributed by atoms with Gasteiger partial charge in [-0.3, -0.25) is 4.79 Å². The van der Waals surface area contributed by atoms with Crippen LogP contribution in [0.25, 0.3) is 0 Å². The smallest absolute Gasteiger partial charge is 0.303 e. The summed E-state index contributed by atoms with van der Waals surface area (Å²) in [6, 6.07) is 0. The minimum atomic E-state index is -0.709. The van der Waals surface area contributed by atoms with Gasteiger partial charge in [0.2, 0.25) is 0 Å². The minimum Gasteiger partial charge on any atom is -0.481 e. The van der Waals surface area contributed by atoms with Gasteiger partial charge in [-0.05, 0) is 53.0 Å². The molecule has 0 aliphatic heterocycles. The highest BCUT2D eigenvalue weighted by atomic mass is 16.4. The zero-order chi connectivity index (χ0) is 10.8. The summed E-state index contributed by atoms with van der Waals surface area (Å²) in [5.41, 5.74) is 0. The van der Waals surface area contributed by atoms with E-state index in [2.05, 4.69) is 24.3 Å². The summed E-state index contributed by atoms with van der Waals surface area (Å²) < 4.78 is 0. The van der Waals surface area contributed by atoms with Crippen LogP contribution in [-0.4, -0.2) is 49.7 Å². The molecule has 14 heavy (non-hydrogen) atoms. The van der Waals surface area contributed by atoms with E-state index in [1.807, 2.05) is 0 Å². The van der Waals surface area contributed by atoms with E-state index in [0.29, 0.717) is 0 Å². The number of nitrogens with zero attached hydrogens (tertiary/aromatic N) is 1. The predicted octanol–water partition coefficient (Wildman–Crippen LogP) is 0.783. The number of hydrogen-bond acceptors (Lipinski definition) is 3. The van der Waals surface area contributed by atoms with Crippen molar-refractivity contribution in [2.45, 2.75) is 25.7 Å². The summed E-state index contributed by atoms with van der Waals surface area (Å²) in [4.78, 5) is 12.3. The largest absolute Gasteiger partial charge is 0.481 e. The molecule has 84 valence electrons. The van der Waals surface area contributed by atoms with Crippen LogP contribution in [0, 0.1) is 0 Å². The monoisotopic (exact) mass is 202 g/mol. The molecule has 0 saturated carbocycles. The summed E-state index contributed by atoms with van der Waals surface area (Å²) in [5, 5.41) is 11.6. The zero-order valence-electron chi connectivity index (χ0n) is 9.25. The van der Waals surface area contributed by atoms with Gasteiger partial charge in [-0.15, -0.1) is 0 Å². The third-order valence-electron chi connectivity index (χ3n) is 1.95. The van der Waals surface area contributed by atoms with E-state index in [4.69, 9.17) is 5.11 Å². The van der Waals surface area contributed by atoms with Crippen molar-refractivity contribution in [2.75, 3.05) is 33.7 Å². The lowest BCUT2D eigenvalue weighted by Gasteiger charge is -2.09. The molecule has 0 atom stereocenters. The molecule has 0 aliphatic carbocycles. The highest BCUT2D eigenvalue weighted by Crippen LogP contribution is 1.90. The molecule has 0 fully saturated rings. The van der Waals surface area contributed by atoms with Crippen molar-refractivity contribution in [3.63, 3.8) is 0 Å². The Morgan fingerprint density at radius 3 is 2.43 bits per heavy atom. The van der Waals surface area contributed by atoms with E-state index in [1.54, 1.807) is 0 Å². The fraction of sp³-hybridized carbons (Fsp3) is 0.900. The Morgan fingerprint density at radius 1 is 1.21 bits per heavy atom. The molecule has 4 heteroatoms. The lowest BCUT2D eigenvalue weighted by atomic mass is 10.3. The Balaban J connectivity index is 2.96. The van der Waals surface area contributed by atoms with E-state index < -0.39 is 5.97 Å². The first-order valence-electron chi connectivity index (χ1n) is 5.20. The van der Waals surface area contributed by atoms with E-state index in [-0.39, 0.29) is 6.42 Å². The fourth-order valence-electron chi connectivity index (χ4n) is 1.17. The van der Waals surface area contributed by atoms with Crippen LogP contribution in [0.3, 0.4) is 0 Å². The molecule has 4 nitrogen and oxygen atoms in total. The molecule has 0 radical (unpaired) electrons. The maximum absolute atomic E-state index is 10.2. The third kappa shape index (κ3) is 11.4. The molecule has 0 bridgehead atoms. The highest BCUT2D eigenvalue weighted by Gasteiger charge is 1.95. The molecule has 0 amide bonds. The Hall–Kier alpha value is -0.610. The van der Waals surface area contributed by atoms with Gasteiger partial charge in [-0.1, -0.05) is 0 Å². The van der Waals surface area contributed by atoms with Gasteiger partial charge in [0.05, 0.1) is 0 Å². The Bertz CT molecular complexity index is 149. The summed E-state index contributed by atoms with van der Waals surface area (Å²) in [5.74, 6) is -0.709. The zero-order valence-corrected chi connectivity index (χ0v) is 9.25. The van der Waals surface area contributed by atoms with Crippen LogP contribution in [-0.2, 0) is 4.79 Å². The molecule has 0 spiro atoms. The first-order valence-corrected chi connectivity index (χ1v) is 5.20. The fourth-order valence-corrected chi connectivity index (χ4v) is 1.17. The van der Waals surface area contributed by atoms with Gasteiger partial charge in [0, 0.05) is 6.42 Å². The van der Waals surface area contributed by atoms with E-state index in [1.165, 1.54) is 6.42 Å². The lowest BCUT2D eigenvalue weighted by molar-refractivity contribution is -0.137. The molecule has 0 saturated heterocycles. The average Bonchev–Trinajstić information content (AvgIpc) is 2.08. The molecule has 0 rings (SSSR count). The number of carbonyl (C=O) groups is 1. The van der Waals surface area contributed by atoms with Crippen LogP contribution >= 0.6 is 0 Å². The molecular formula is C10H22N2O2. The summed E-state index contributed by atoms with van der Waals surface area (Å²) in [7, 11) is 4.14. The normalized spacial score (nSPS) is 10.8. The van der Waals surface area contributed by atoms with Crippen molar-refractivity contribution in [1.29, 1.82) is 0 Å². The van der Waals surface area contributed by atoms with Gasteiger partial charge in [0.25, 0.3) is 0 Å². The molecule has 0 aromatic carbocycles. The van der Waals surface area contributed by atoms with Crippen molar-refractivity contribution in [3.8, 4) is 0 Å². The second-order valence-electron chi connectivity index (χ2n) is 3.76. The first kappa shape index (κ1) is 13.4. The van der Waals surface area contributed by atoms with E-state index >= 15 is 0 Å². The molecule has 0 heterocycles. The summed E-state index contributed by atoms with van der Waals surface area (Å²) in [6.45, 7) is 2.93. The molecule has 2 N–H and O–H groups in total. The van der Waals surface area contributed by atoms with E-state index in [9.17, 15) is 4.79 Å². The number of carboxylic acid groups (broad SMARTS) is 1. The van der Waals surface area contributed by atoms with Gasteiger partial charge >= 0.3 is 5.97 Å². The van der Waals surface area contributed by atoms with Crippen molar-refractivity contribution < 1.29 is 9.90 Å². The number of nitrogens with one attached hydrogen (secondary N) is 1. The van der Waals surface area contributed by atoms with E-state index in [0.717, 1.165) is 32.5 Å². The topological polar surface area (TPSA) is 52.6 Å². The number of hydrogen-bond donors (Lipinski definition) is 2. The van der Waals surface area contributed by atoms with Gasteiger partial charge in [-0.25, -0.2) is 0 Å². The van der Waals surface area contributed by atoms with Crippen LogP contribution < -0.4 is 5.32 Å². The Morgan fingerprint density at radius 2 is 1.86 bits per heavy atom. The first-order chi connectivity index (χ1) is 6.63. The highest BCUT2D eigenvalue weighted by molar-refractivity contribution is 5.66. The van der Waals surface area contributed by atoms with Crippen LogP contribution in [0.15, 0.2) is 0 Å². The standard InChI is InChI=1S/C10H22N2O2/c1-12(2)9-4-3-7-11-8-5-6-10(13)14/h11H,3-9H2,1-2H3,(H,13,14). The van der Waals surface area contributed by atoms with Crippen molar-refractivity contribution in [1.82, 2.24) is 10.2 Å². The number of rotatable bonds is 9. The van der Waals surface area contributed by atoms with Crippen LogP contribution in [0.1, 0.15) is 25.7 Å². The minimum absolute atomic E-state index is 0.269. The molecular weight excluding hydrogens is 180 g/mol. The van der Waals surface area contributed by atoms with Gasteiger partial charge in [0.1, 0.15) is 0 Å². The van der Waals surface area contributed by atoms with Gasteiger partial charge < -0.3 is 15.3 Å². The van der Waals surface area contributed by atoms with Crippen molar-refractivity contribution in [2.24, 2.45) is 0 Å². The summed E-state index contributed by atoms with van der Waals surface area (Å²) in [6.07, 6.45) is 3.35. The van der Waals surface area contributed by atoms with Crippen LogP contribution in [0.2, 0.25) is 0 Å². The number of carboxylic acids is 1. The quantitative estimate of drug-likeness (QED) is 0.543. The number of unbranched alkanes of at least 4 members (excludes halogenated alkanes) is 1. The van der Waals surface area contributed by atoms with Crippen LogP contribution in [0.4, 0.5) is 0 Å². The second-order valence-corrected chi connectivity index (χ2v) is 3.76. The third-order valence-corrected chi connectivity index (χ3v) is 1.95. The lowest BCUT2D eigenvalue weighted by Crippen LogP contribution is -2.19. The molecule has 0 unspecified atom stereocenters. The predicted molar refractivity (Wildman–Crippen MR) is 57.5 cm³/mol. The van der Waals surface area contributed by atoms with Crippen LogP contribution in [0.5, 0.6) is 0 Å². The van der Waals surface area contributed by atoms with Crippen molar-refractivity contribution in [3.05, 3.63) is 0 Å². The Labute approximate surface area is 86.3 Å². The summed E-state index contributed by atoms with van der Waals surface area (Å²) >= 11 is 0. The second kappa shape index (κ2) is 8.97. The molecule has 0 aromatic rings. The Kier molecular flexibility index (Phi) is 8.57. The molecule has 0 aliphatic rings. The SMILES string of the molecule is CN(C)CCCCNCCCC(=O)O. The number of aliphatic carboxylic acids is 1. The van der Waals surface area contributed by atoms with Crippen molar-refractivity contribution >= 4 is 5.97 Å². The van der Waals surface area contributed by atoms with Gasteiger partial charge in [0.15, 0.2) is 0 Å². The maximum atomic E-state index is 10.2. The molecule has 0 aromatic heterocycles. The maximum Gasteiger partial charge on any atom is 0.303 e. The average molecular weight is 202 g/mol.